The van der Waals surface area contributed by atoms with E-state index in [1.807, 2.05) is 18.2 Å². The molecular weight excluding hydrogens is 178 g/mol. The summed E-state index contributed by atoms with van der Waals surface area (Å²) in [4.78, 5) is 15.3. The van der Waals surface area contributed by atoms with Crippen LogP contribution in [0.3, 0.4) is 0 Å². The summed E-state index contributed by atoms with van der Waals surface area (Å²) in [6, 6.07) is 11.8. The smallest absolute Gasteiger partial charge is 0.356 e. The van der Waals surface area contributed by atoms with Crippen molar-refractivity contribution in [3.05, 3.63) is 42.1 Å². The van der Waals surface area contributed by atoms with Crippen LogP contribution in [0.2, 0.25) is 0 Å². The number of rotatable bonds is 1. The van der Waals surface area contributed by atoms with E-state index >= 15 is 0 Å². The first kappa shape index (κ1) is 8.69. The summed E-state index contributed by atoms with van der Waals surface area (Å²) in [5, 5.41) is 0.983. The largest absolute Gasteiger partial charge is 0.464 e. The van der Waals surface area contributed by atoms with Gasteiger partial charge >= 0.3 is 5.97 Å². The van der Waals surface area contributed by atoms with E-state index in [2.05, 4.69) is 15.8 Å². The molecule has 0 fully saturated rings. The summed E-state index contributed by atoms with van der Waals surface area (Å²) in [6.07, 6.45) is 0. The molecule has 3 nitrogen and oxygen atoms in total. The van der Waals surface area contributed by atoms with Gasteiger partial charge in [0, 0.05) is 5.39 Å². The van der Waals surface area contributed by atoms with Crippen molar-refractivity contribution in [3.63, 3.8) is 0 Å². The summed E-state index contributed by atoms with van der Waals surface area (Å²) < 4.78 is 4.57. The Morgan fingerprint density at radius 1 is 1.43 bits per heavy atom. The predicted molar refractivity (Wildman–Crippen MR) is 51.9 cm³/mol. The molecule has 1 radical (unpaired) electrons. The van der Waals surface area contributed by atoms with Crippen LogP contribution in [0.4, 0.5) is 0 Å². The molecule has 0 unspecified atom stereocenters. The van der Waals surface area contributed by atoms with Crippen LogP contribution in [-0.4, -0.2) is 18.1 Å². The number of hydrogen-bond acceptors (Lipinski definition) is 3. The van der Waals surface area contributed by atoms with E-state index in [1.165, 1.54) is 7.11 Å². The molecule has 0 saturated heterocycles. The maximum atomic E-state index is 11.2. The Hall–Kier alpha value is -1.90. The summed E-state index contributed by atoms with van der Waals surface area (Å²) >= 11 is 0. The Morgan fingerprint density at radius 3 is 3.07 bits per heavy atom. The Morgan fingerprint density at radius 2 is 2.29 bits per heavy atom. The van der Waals surface area contributed by atoms with Crippen molar-refractivity contribution in [2.24, 2.45) is 0 Å². The maximum absolute atomic E-state index is 11.2. The third-order valence-corrected chi connectivity index (χ3v) is 1.93. The fourth-order valence-electron chi connectivity index (χ4n) is 1.23. The summed E-state index contributed by atoms with van der Waals surface area (Å²) in [6.45, 7) is 0. The number of aromatic nitrogens is 1. The van der Waals surface area contributed by atoms with Crippen molar-refractivity contribution in [2.45, 2.75) is 0 Å². The number of nitrogens with zero attached hydrogens (tertiary/aromatic N) is 1. The molecule has 2 rings (SSSR count). The molecule has 0 atom stereocenters. The Labute approximate surface area is 81.3 Å². The Bertz CT molecular complexity index is 479. The summed E-state index contributed by atoms with van der Waals surface area (Å²) in [5.41, 5.74) is 1.06. The topological polar surface area (TPSA) is 39.2 Å². The molecule has 3 heteroatoms. The molecule has 0 aliphatic rings. The second-order valence-electron chi connectivity index (χ2n) is 2.81. The fraction of sp³-hybridized carbons (Fsp3) is 0.0909. The van der Waals surface area contributed by atoms with E-state index in [9.17, 15) is 4.79 Å². The Balaban J connectivity index is 2.56. The fourth-order valence-corrected chi connectivity index (χ4v) is 1.23. The molecule has 0 bridgehead atoms. The zero-order valence-corrected chi connectivity index (χ0v) is 7.65. The molecule has 2 aromatic rings. The lowest BCUT2D eigenvalue weighted by Gasteiger charge is -2.00. The van der Waals surface area contributed by atoms with Gasteiger partial charge in [0.25, 0.3) is 0 Å². The quantitative estimate of drug-likeness (QED) is 0.638. The van der Waals surface area contributed by atoms with E-state index in [0.717, 1.165) is 10.9 Å². The number of hydrogen-bond donors (Lipinski definition) is 0. The normalized spacial score (nSPS) is 10.1. The molecular formula is C11H8NO2. The van der Waals surface area contributed by atoms with Crippen molar-refractivity contribution < 1.29 is 9.53 Å². The van der Waals surface area contributed by atoms with Crippen LogP contribution in [0.25, 0.3) is 10.9 Å². The van der Waals surface area contributed by atoms with Gasteiger partial charge < -0.3 is 4.74 Å². The lowest BCUT2D eigenvalue weighted by atomic mass is 10.2. The van der Waals surface area contributed by atoms with Crippen LogP contribution in [0.5, 0.6) is 0 Å². The molecule has 0 amide bonds. The predicted octanol–water partition coefficient (Wildman–Crippen LogP) is 1.82. The van der Waals surface area contributed by atoms with E-state index in [4.69, 9.17) is 0 Å². The second-order valence-corrected chi connectivity index (χ2v) is 2.81. The molecule has 0 aliphatic heterocycles. The molecule has 1 aromatic carbocycles. The van der Waals surface area contributed by atoms with Crippen molar-refractivity contribution in [1.82, 2.24) is 4.98 Å². The minimum Gasteiger partial charge on any atom is -0.464 e. The minimum absolute atomic E-state index is 0.319. The number of methoxy groups -OCH3 is 1. The standard InChI is InChI=1S/C11H8NO2/c1-14-11(13)10-7-6-8-4-2-3-5-9(8)12-10/h2,4-7H,1H3. The maximum Gasteiger partial charge on any atom is 0.356 e. The summed E-state index contributed by atoms with van der Waals surface area (Å²) in [5.74, 6) is -0.421. The molecule has 69 valence electrons. The zero-order valence-electron chi connectivity index (χ0n) is 7.65. The third kappa shape index (κ3) is 1.44. The van der Waals surface area contributed by atoms with Gasteiger partial charge in [0.05, 0.1) is 12.6 Å². The number of esters is 1. The van der Waals surface area contributed by atoms with E-state index in [-0.39, 0.29) is 0 Å². The monoisotopic (exact) mass is 186 g/mol. The van der Waals surface area contributed by atoms with Gasteiger partial charge in [0.15, 0.2) is 0 Å². The number of carbonyl (C=O) groups excluding carboxylic acids is 1. The van der Waals surface area contributed by atoms with Gasteiger partial charge in [-0.2, -0.15) is 0 Å². The van der Waals surface area contributed by atoms with Crippen LogP contribution in [-0.2, 0) is 4.74 Å². The van der Waals surface area contributed by atoms with Crippen molar-refractivity contribution in [3.8, 4) is 0 Å². The van der Waals surface area contributed by atoms with E-state index < -0.39 is 5.97 Å². The molecule has 0 N–H and O–H groups in total. The molecule has 0 saturated carbocycles. The highest BCUT2D eigenvalue weighted by atomic mass is 16.5. The average molecular weight is 186 g/mol. The number of fused-ring (bicyclic) bond motifs is 1. The van der Waals surface area contributed by atoms with Crippen molar-refractivity contribution in [1.29, 1.82) is 0 Å². The van der Waals surface area contributed by atoms with Crippen molar-refractivity contribution >= 4 is 16.9 Å². The van der Waals surface area contributed by atoms with Gasteiger partial charge in [-0.15, -0.1) is 0 Å². The van der Waals surface area contributed by atoms with Gasteiger partial charge in [0.2, 0.25) is 0 Å². The molecule has 0 aliphatic carbocycles. The lowest BCUT2D eigenvalue weighted by molar-refractivity contribution is 0.0594. The van der Waals surface area contributed by atoms with E-state index in [1.54, 1.807) is 12.1 Å². The van der Waals surface area contributed by atoms with Gasteiger partial charge in [-0.25, -0.2) is 9.78 Å². The minimum atomic E-state index is -0.421. The number of ether oxygens (including phenoxy) is 1. The molecule has 0 spiro atoms. The average Bonchev–Trinajstić information content (AvgIpc) is 2.27. The highest BCUT2D eigenvalue weighted by Crippen LogP contribution is 2.11. The van der Waals surface area contributed by atoms with Crippen LogP contribution in [0, 0.1) is 6.07 Å². The first-order chi connectivity index (χ1) is 6.81. The Kier molecular flexibility index (Phi) is 2.14. The highest BCUT2D eigenvalue weighted by molar-refractivity contribution is 5.90. The molecule has 1 heterocycles. The van der Waals surface area contributed by atoms with Crippen LogP contribution in [0.15, 0.2) is 30.3 Å². The van der Waals surface area contributed by atoms with Gasteiger partial charge in [-0.05, 0) is 18.2 Å². The molecule has 1 aromatic heterocycles. The SMILES string of the molecule is COC(=O)c1ccc2cc[c]cc2n1. The first-order valence-corrected chi connectivity index (χ1v) is 4.16. The number of pyridine rings is 1. The lowest BCUT2D eigenvalue weighted by Crippen LogP contribution is -2.03. The van der Waals surface area contributed by atoms with Crippen molar-refractivity contribution in [2.75, 3.05) is 7.11 Å². The number of carbonyl (C=O) groups is 1. The zero-order chi connectivity index (χ0) is 9.97. The first-order valence-electron chi connectivity index (χ1n) is 4.16. The van der Waals surface area contributed by atoms with Crippen LogP contribution in [0.1, 0.15) is 10.5 Å². The van der Waals surface area contributed by atoms with Gasteiger partial charge in [0.1, 0.15) is 5.69 Å². The van der Waals surface area contributed by atoms with Crippen LogP contribution >= 0.6 is 0 Å². The van der Waals surface area contributed by atoms with Crippen LogP contribution < -0.4 is 0 Å². The third-order valence-electron chi connectivity index (χ3n) is 1.93. The van der Waals surface area contributed by atoms with Gasteiger partial charge in [-0.1, -0.05) is 18.2 Å². The highest BCUT2D eigenvalue weighted by Gasteiger charge is 2.06. The summed E-state index contributed by atoms with van der Waals surface area (Å²) in [7, 11) is 1.34. The second kappa shape index (κ2) is 3.46. The number of benzene rings is 1. The van der Waals surface area contributed by atoms with E-state index in [0.29, 0.717) is 5.69 Å². The van der Waals surface area contributed by atoms with Gasteiger partial charge in [-0.3, -0.25) is 0 Å². The molecule has 14 heavy (non-hydrogen) atoms.